The molecule has 2 N–H and O–H groups in total. The average Bonchev–Trinajstić information content (AvgIpc) is 2.92. The molecule has 0 aromatic carbocycles. The molecule has 1 rings (SSSR count). The molecule has 0 spiro atoms. The lowest BCUT2D eigenvalue weighted by Crippen LogP contribution is -2.46. The van der Waals surface area contributed by atoms with Crippen LogP contribution < -0.4 is 10.0 Å². The molecule has 0 amide bonds. The summed E-state index contributed by atoms with van der Waals surface area (Å²) in [5, 5.41) is 5.03. The van der Waals surface area contributed by atoms with E-state index in [1.807, 2.05) is 20.8 Å². The maximum absolute atomic E-state index is 12.6. The fourth-order valence-corrected chi connectivity index (χ4v) is 5.05. The van der Waals surface area contributed by atoms with Gasteiger partial charge in [-0.15, -0.1) is 11.3 Å². The summed E-state index contributed by atoms with van der Waals surface area (Å²) in [6.07, 6.45) is 2.39. The van der Waals surface area contributed by atoms with Crippen LogP contribution in [-0.2, 0) is 16.6 Å². The molecule has 0 aliphatic carbocycles. The van der Waals surface area contributed by atoms with E-state index in [0.29, 0.717) is 17.5 Å². The minimum Gasteiger partial charge on any atom is -0.310 e. The zero-order valence-electron chi connectivity index (χ0n) is 13.7. The Balaban J connectivity index is 2.88. The summed E-state index contributed by atoms with van der Waals surface area (Å²) in [6.45, 7) is 10.9. The zero-order valence-corrected chi connectivity index (χ0v) is 15.3. The van der Waals surface area contributed by atoms with E-state index in [4.69, 9.17) is 0 Å². The molecular weight excluding hydrogens is 304 g/mol. The van der Waals surface area contributed by atoms with Crippen molar-refractivity contribution in [1.82, 2.24) is 10.0 Å². The van der Waals surface area contributed by atoms with Gasteiger partial charge >= 0.3 is 0 Å². The largest absolute Gasteiger partial charge is 0.310 e. The van der Waals surface area contributed by atoms with Crippen molar-refractivity contribution in [2.24, 2.45) is 0 Å². The monoisotopic (exact) mass is 332 g/mol. The van der Waals surface area contributed by atoms with Crippen molar-refractivity contribution in [1.29, 1.82) is 0 Å². The Morgan fingerprint density at radius 3 is 2.24 bits per heavy atom. The van der Waals surface area contributed by atoms with Crippen LogP contribution in [0.1, 0.15) is 58.8 Å². The van der Waals surface area contributed by atoms with Crippen molar-refractivity contribution >= 4 is 21.4 Å². The number of nitrogens with one attached hydrogen (secondary N) is 2. The van der Waals surface area contributed by atoms with E-state index in [9.17, 15) is 8.42 Å². The summed E-state index contributed by atoms with van der Waals surface area (Å²) in [4.78, 5) is 1.42. The molecule has 1 heterocycles. The summed E-state index contributed by atoms with van der Waals surface area (Å²) in [5.41, 5.74) is -0.336. The Morgan fingerprint density at radius 1 is 1.19 bits per heavy atom. The van der Waals surface area contributed by atoms with Gasteiger partial charge in [0.2, 0.25) is 10.0 Å². The van der Waals surface area contributed by atoms with E-state index in [1.165, 1.54) is 11.3 Å². The van der Waals surface area contributed by atoms with E-state index >= 15 is 0 Å². The Morgan fingerprint density at radius 2 is 1.76 bits per heavy atom. The molecule has 6 heteroatoms. The predicted octanol–water partition coefficient (Wildman–Crippen LogP) is 3.49. The third-order valence-corrected chi connectivity index (χ3v) is 6.65. The van der Waals surface area contributed by atoms with Crippen molar-refractivity contribution in [3.05, 3.63) is 16.3 Å². The molecule has 0 radical (unpaired) electrons. The van der Waals surface area contributed by atoms with Gasteiger partial charge in [0.15, 0.2) is 0 Å². The molecule has 122 valence electrons. The summed E-state index contributed by atoms with van der Waals surface area (Å²) < 4.78 is 28.0. The smallest absolute Gasteiger partial charge is 0.241 e. The van der Waals surface area contributed by atoms with E-state index in [1.54, 1.807) is 11.4 Å². The van der Waals surface area contributed by atoms with Gasteiger partial charge in [-0.2, -0.15) is 0 Å². The van der Waals surface area contributed by atoms with Crippen molar-refractivity contribution in [2.75, 3.05) is 0 Å². The van der Waals surface area contributed by atoms with E-state index < -0.39 is 10.0 Å². The van der Waals surface area contributed by atoms with Gasteiger partial charge in [-0.1, -0.05) is 34.6 Å². The van der Waals surface area contributed by atoms with E-state index in [0.717, 1.165) is 24.1 Å². The number of rotatable bonds is 9. The lowest BCUT2D eigenvalue weighted by molar-refractivity contribution is 0.342. The summed E-state index contributed by atoms with van der Waals surface area (Å²) in [6, 6.07) is 2.16. The van der Waals surface area contributed by atoms with Gasteiger partial charge in [-0.05, 0) is 25.3 Å². The second-order valence-corrected chi connectivity index (χ2v) is 8.41. The maximum Gasteiger partial charge on any atom is 0.241 e. The molecule has 4 nitrogen and oxygen atoms in total. The molecule has 1 aromatic heterocycles. The van der Waals surface area contributed by atoms with Gasteiger partial charge in [0, 0.05) is 28.4 Å². The van der Waals surface area contributed by atoms with Crippen LogP contribution in [0.15, 0.2) is 16.3 Å². The lowest BCUT2D eigenvalue weighted by atomic mass is 9.91. The van der Waals surface area contributed by atoms with Crippen LogP contribution in [0.4, 0.5) is 0 Å². The standard InChI is InChI=1S/C15H28N2O2S2/c1-6-15(7-2,8-3)17-21(18,19)14-9-13(20-11-14)10-16-12(4)5/h9,11-12,16-17H,6-8,10H2,1-5H3. The van der Waals surface area contributed by atoms with Crippen LogP contribution in [0.2, 0.25) is 0 Å². The highest BCUT2D eigenvalue weighted by Gasteiger charge is 2.30. The molecule has 0 aliphatic heterocycles. The first-order chi connectivity index (χ1) is 9.78. The normalized spacial score (nSPS) is 13.0. The lowest BCUT2D eigenvalue weighted by Gasteiger charge is -2.31. The van der Waals surface area contributed by atoms with Gasteiger partial charge in [0.1, 0.15) is 0 Å². The van der Waals surface area contributed by atoms with E-state index in [2.05, 4.69) is 23.9 Å². The summed E-state index contributed by atoms with van der Waals surface area (Å²) in [7, 11) is -3.44. The Labute approximate surface area is 133 Å². The molecule has 0 unspecified atom stereocenters. The predicted molar refractivity (Wildman–Crippen MR) is 90.2 cm³/mol. The van der Waals surface area contributed by atoms with Crippen molar-refractivity contribution in [3.8, 4) is 0 Å². The number of sulfonamides is 1. The quantitative estimate of drug-likeness (QED) is 0.728. The fraction of sp³-hybridized carbons (Fsp3) is 0.733. The Kier molecular flexibility index (Phi) is 6.84. The first-order valence-corrected chi connectivity index (χ1v) is 9.99. The SMILES string of the molecule is CCC(CC)(CC)NS(=O)(=O)c1csc(CNC(C)C)c1. The first kappa shape index (κ1) is 18.6. The molecule has 0 saturated heterocycles. The zero-order chi connectivity index (χ0) is 16.1. The summed E-state index contributed by atoms with van der Waals surface area (Å²) >= 11 is 1.49. The third kappa shape index (κ3) is 5.06. The van der Waals surface area contributed by atoms with Crippen molar-refractivity contribution < 1.29 is 8.42 Å². The first-order valence-electron chi connectivity index (χ1n) is 7.63. The Hall–Kier alpha value is -0.430. The van der Waals surface area contributed by atoms with Gasteiger partial charge in [-0.25, -0.2) is 13.1 Å². The molecule has 1 aromatic rings. The number of hydrogen-bond donors (Lipinski definition) is 2. The van der Waals surface area contributed by atoms with Gasteiger partial charge in [0.05, 0.1) is 4.90 Å². The van der Waals surface area contributed by atoms with Crippen LogP contribution in [0, 0.1) is 0 Å². The highest BCUT2D eigenvalue weighted by molar-refractivity contribution is 7.89. The number of thiophene rings is 1. The fourth-order valence-electron chi connectivity index (χ4n) is 2.21. The molecule has 0 saturated carbocycles. The van der Waals surface area contributed by atoms with E-state index in [-0.39, 0.29) is 5.54 Å². The molecule has 21 heavy (non-hydrogen) atoms. The highest BCUT2D eigenvalue weighted by Crippen LogP contribution is 2.25. The van der Waals surface area contributed by atoms with Crippen LogP contribution in [0.25, 0.3) is 0 Å². The van der Waals surface area contributed by atoms with Crippen LogP contribution in [0.3, 0.4) is 0 Å². The van der Waals surface area contributed by atoms with Crippen molar-refractivity contribution in [2.45, 2.75) is 76.9 Å². The molecule has 0 fully saturated rings. The maximum atomic E-state index is 12.6. The van der Waals surface area contributed by atoms with Gasteiger partial charge < -0.3 is 5.32 Å². The summed E-state index contributed by atoms with van der Waals surface area (Å²) in [5.74, 6) is 0. The second-order valence-electron chi connectivity index (χ2n) is 5.73. The second kappa shape index (κ2) is 7.72. The molecule has 0 bridgehead atoms. The van der Waals surface area contributed by atoms with Crippen LogP contribution in [-0.4, -0.2) is 20.0 Å². The third-order valence-electron chi connectivity index (χ3n) is 4.01. The minimum absolute atomic E-state index is 0.336. The van der Waals surface area contributed by atoms with Gasteiger partial charge in [-0.3, -0.25) is 0 Å². The highest BCUT2D eigenvalue weighted by atomic mass is 32.2. The van der Waals surface area contributed by atoms with Crippen LogP contribution in [0.5, 0.6) is 0 Å². The average molecular weight is 333 g/mol. The van der Waals surface area contributed by atoms with Gasteiger partial charge in [0.25, 0.3) is 0 Å². The minimum atomic E-state index is -3.44. The molecular formula is C15H28N2O2S2. The van der Waals surface area contributed by atoms with Crippen molar-refractivity contribution in [3.63, 3.8) is 0 Å². The number of hydrogen-bond acceptors (Lipinski definition) is 4. The van der Waals surface area contributed by atoms with Crippen LogP contribution >= 0.6 is 11.3 Å². The topological polar surface area (TPSA) is 58.2 Å². The molecule has 0 aliphatic rings. The molecule has 0 atom stereocenters. The Bertz CT molecular complexity index is 523.